The van der Waals surface area contributed by atoms with Crippen molar-refractivity contribution >= 4 is 38.9 Å². The first-order chi connectivity index (χ1) is 11.3. The zero-order chi connectivity index (χ0) is 17.9. The van der Waals surface area contributed by atoms with Gasteiger partial charge in [0, 0.05) is 0 Å². The zero-order valence-electron chi connectivity index (χ0n) is 13.3. The molecule has 0 radical (unpaired) electrons. The number of ether oxygens (including phenoxy) is 1. The predicted molar refractivity (Wildman–Crippen MR) is 98.9 cm³/mol. The van der Waals surface area contributed by atoms with Gasteiger partial charge >= 0.3 is 0 Å². The molecule has 0 aliphatic heterocycles. The number of rotatable bonds is 6. The third-order valence-corrected chi connectivity index (χ3v) is 6.28. The van der Waals surface area contributed by atoms with E-state index in [-0.39, 0.29) is 21.5 Å². The van der Waals surface area contributed by atoms with E-state index >= 15 is 0 Å². The number of aryl methyl sites for hydroxylation is 1. The van der Waals surface area contributed by atoms with E-state index in [1.165, 1.54) is 29.6 Å². The van der Waals surface area contributed by atoms with Crippen LogP contribution in [0.3, 0.4) is 0 Å². The fourth-order valence-electron chi connectivity index (χ4n) is 2.28. The van der Waals surface area contributed by atoms with Gasteiger partial charge in [0.1, 0.15) is 15.7 Å². The van der Waals surface area contributed by atoms with Gasteiger partial charge in [-0.25, -0.2) is 8.42 Å². The highest BCUT2D eigenvalue weighted by atomic mass is 35.5. The standard InChI is InChI=1S/C17H17Cl2NO3S/c1-4-11-20(13-8-6-5-7-12(13)2)24(21,22)15-10-9-14(23-3)16(18)17(15)19/h4-10H,1,11H2,2-3H3. The molecule has 0 aliphatic rings. The van der Waals surface area contributed by atoms with Gasteiger partial charge in [-0.2, -0.15) is 0 Å². The molecule has 0 N–H and O–H groups in total. The molecule has 0 saturated heterocycles. The van der Waals surface area contributed by atoms with Crippen LogP contribution in [0.4, 0.5) is 5.69 Å². The summed E-state index contributed by atoms with van der Waals surface area (Å²) in [5, 5.41) is -0.0118. The van der Waals surface area contributed by atoms with Crippen LogP contribution in [0, 0.1) is 6.92 Å². The average molecular weight is 386 g/mol. The molecule has 0 saturated carbocycles. The van der Waals surface area contributed by atoms with Crippen molar-refractivity contribution in [3.05, 3.63) is 64.7 Å². The molecule has 0 unspecified atom stereocenters. The monoisotopic (exact) mass is 385 g/mol. The second-order valence-electron chi connectivity index (χ2n) is 5.01. The highest BCUT2D eigenvalue weighted by Gasteiger charge is 2.29. The Morgan fingerprint density at radius 2 is 1.83 bits per heavy atom. The summed E-state index contributed by atoms with van der Waals surface area (Å²) in [6.07, 6.45) is 1.52. The third kappa shape index (κ3) is 3.38. The smallest absolute Gasteiger partial charge is 0.266 e. The average Bonchev–Trinajstić information content (AvgIpc) is 2.55. The van der Waals surface area contributed by atoms with Gasteiger partial charge in [-0.15, -0.1) is 6.58 Å². The summed E-state index contributed by atoms with van der Waals surface area (Å²) in [4.78, 5) is -0.0833. The Hall–Kier alpha value is -1.69. The van der Waals surface area contributed by atoms with Crippen molar-refractivity contribution in [2.45, 2.75) is 11.8 Å². The topological polar surface area (TPSA) is 46.6 Å². The molecule has 128 valence electrons. The van der Waals surface area contributed by atoms with Crippen LogP contribution >= 0.6 is 23.2 Å². The van der Waals surface area contributed by atoms with Gasteiger partial charge in [-0.05, 0) is 30.7 Å². The first-order valence-corrected chi connectivity index (χ1v) is 9.25. The summed E-state index contributed by atoms with van der Waals surface area (Å²) in [7, 11) is -2.49. The Bertz CT molecular complexity index is 866. The highest BCUT2D eigenvalue weighted by molar-refractivity contribution is 7.93. The lowest BCUT2D eigenvalue weighted by atomic mass is 10.2. The van der Waals surface area contributed by atoms with Gasteiger partial charge in [-0.1, -0.05) is 47.5 Å². The molecule has 2 rings (SSSR count). The van der Waals surface area contributed by atoms with Crippen molar-refractivity contribution in [1.29, 1.82) is 0 Å². The Kier molecular flexibility index (Phi) is 5.80. The summed E-state index contributed by atoms with van der Waals surface area (Å²) in [5.74, 6) is 0.312. The fourth-order valence-corrected chi connectivity index (χ4v) is 4.59. The molecule has 0 fully saturated rings. The molecule has 4 nitrogen and oxygen atoms in total. The number of hydrogen-bond acceptors (Lipinski definition) is 3. The van der Waals surface area contributed by atoms with Crippen molar-refractivity contribution in [2.75, 3.05) is 18.0 Å². The first kappa shape index (κ1) is 18.6. The van der Waals surface area contributed by atoms with Gasteiger partial charge in [0.25, 0.3) is 10.0 Å². The van der Waals surface area contributed by atoms with E-state index in [9.17, 15) is 8.42 Å². The van der Waals surface area contributed by atoms with Gasteiger partial charge in [-0.3, -0.25) is 4.31 Å². The maximum atomic E-state index is 13.1. The zero-order valence-corrected chi connectivity index (χ0v) is 15.6. The van der Waals surface area contributed by atoms with Gasteiger partial charge in [0.15, 0.2) is 0 Å². The van der Waals surface area contributed by atoms with E-state index in [2.05, 4.69) is 6.58 Å². The second kappa shape index (κ2) is 7.47. The molecule has 0 bridgehead atoms. The summed E-state index contributed by atoms with van der Waals surface area (Å²) in [5.41, 5.74) is 1.37. The number of anilines is 1. The molecule has 0 heterocycles. The second-order valence-corrected chi connectivity index (χ2v) is 7.59. The lowest BCUT2D eigenvalue weighted by molar-refractivity contribution is 0.414. The minimum Gasteiger partial charge on any atom is -0.495 e. The van der Waals surface area contributed by atoms with E-state index < -0.39 is 10.0 Å². The van der Waals surface area contributed by atoms with Crippen LogP contribution in [0.2, 0.25) is 10.0 Å². The van der Waals surface area contributed by atoms with Crippen LogP contribution in [0.1, 0.15) is 5.56 Å². The van der Waals surface area contributed by atoms with Crippen LogP contribution in [0.25, 0.3) is 0 Å². The number of nitrogens with zero attached hydrogens (tertiary/aromatic N) is 1. The molecule has 0 aromatic heterocycles. The van der Waals surface area contributed by atoms with Crippen molar-refractivity contribution in [3.63, 3.8) is 0 Å². The molecule has 2 aromatic rings. The summed E-state index contributed by atoms with van der Waals surface area (Å²) in [6.45, 7) is 5.59. The lowest BCUT2D eigenvalue weighted by Gasteiger charge is -2.25. The minimum atomic E-state index is -3.93. The van der Waals surface area contributed by atoms with Gasteiger partial charge in [0.2, 0.25) is 0 Å². The Morgan fingerprint density at radius 3 is 2.42 bits per heavy atom. The fraction of sp³-hybridized carbons (Fsp3) is 0.176. The molecule has 24 heavy (non-hydrogen) atoms. The summed E-state index contributed by atoms with van der Waals surface area (Å²) >= 11 is 12.3. The molecule has 0 atom stereocenters. The summed E-state index contributed by atoms with van der Waals surface area (Å²) in [6, 6.07) is 10.0. The quantitative estimate of drug-likeness (QED) is 0.677. The van der Waals surface area contributed by atoms with Crippen molar-refractivity contribution in [1.82, 2.24) is 0 Å². The summed E-state index contributed by atoms with van der Waals surface area (Å²) < 4.78 is 32.6. The number of sulfonamides is 1. The maximum Gasteiger partial charge on any atom is 0.266 e. The number of hydrogen-bond donors (Lipinski definition) is 0. The number of halogens is 2. The van der Waals surface area contributed by atoms with Crippen molar-refractivity contribution < 1.29 is 13.2 Å². The van der Waals surface area contributed by atoms with Gasteiger partial charge in [0.05, 0.1) is 24.4 Å². The van der Waals surface area contributed by atoms with E-state index in [0.29, 0.717) is 11.4 Å². The normalized spacial score (nSPS) is 11.2. The minimum absolute atomic E-state index is 0.0589. The molecule has 0 amide bonds. The SMILES string of the molecule is C=CCN(c1ccccc1C)S(=O)(=O)c1ccc(OC)c(Cl)c1Cl. The maximum absolute atomic E-state index is 13.1. The van der Waals surface area contributed by atoms with Crippen LogP contribution in [-0.2, 0) is 10.0 Å². The highest BCUT2D eigenvalue weighted by Crippen LogP contribution is 2.38. The largest absolute Gasteiger partial charge is 0.495 e. The Balaban J connectivity index is 2.64. The predicted octanol–water partition coefficient (Wildman–Crippen LogP) is 4.69. The molecule has 2 aromatic carbocycles. The van der Waals surface area contributed by atoms with Crippen LogP contribution in [0.15, 0.2) is 53.9 Å². The first-order valence-electron chi connectivity index (χ1n) is 7.05. The number of para-hydroxylation sites is 1. The third-order valence-electron chi connectivity index (χ3n) is 3.48. The van der Waals surface area contributed by atoms with Crippen LogP contribution in [-0.4, -0.2) is 22.1 Å². The lowest BCUT2D eigenvalue weighted by Crippen LogP contribution is -2.32. The Labute approximate surface area is 152 Å². The van der Waals surface area contributed by atoms with E-state index in [0.717, 1.165) is 5.56 Å². The van der Waals surface area contributed by atoms with Crippen molar-refractivity contribution in [3.8, 4) is 5.75 Å². The van der Waals surface area contributed by atoms with Crippen LogP contribution < -0.4 is 9.04 Å². The molecular formula is C17H17Cl2NO3S. The van der Waals surface area contributed by atoms with Crippen LogP contribution in [0.5, 0.6) is 5.75 Å². The number of benzene rings is 2. The molecular weight excluding hydrogens is 369 g/mol. The van der Waals surface area contributed by atoms with E-state index in [4.69, 9.17) is 27.9 Å². The van der Waals surface area contributed by atoms with E-state index in [1.54, 1.807) is 12.1 Å². The van der Waals surface area contributed by atoms with E-state index in [1.807, 2.05) is 19.1 Å². The Morgan fingerprint density at radius 1 is 1.17 bits per heavy atom. The molecule has 0 aliphatic carbocycles. The number of methoxy groups -OCH3 is 1. The molecule has 0 spiro atoms. The molecule has 7 heteroatoms. The van der Waals surface area contributed by atoms with Gasteiger partial charge < -0.3 is 4.74 Å². The van der Waals surface area contributed by atoms with Crippen molar-refractivity contribution in [2.24, 2.45) is 0 Å².